The molecule has 238 valence electrons. The normalized spacial score (nSPS) is 15.2. The predicted molar refractivity (Wildman–Crippen MR) is 169 cm³/mol. The lowest BCUT2D eigenvalue weighted by atomic mass is 10.0. The molecule has 4 N–H and O–H groups in total. The van der Waals surface area contributed by atoms with Crippen molar-refractivity contribution in [2.24, 2.45) is 0 Å². The van der Waals surface area contributed by atoms with Crippen LogP contribution in [0, 0.1) is 0 Å². The van der Waals surface area contributed by atoms with Crippen LogP contribution < -0.4 is 15.3 Å². The summed E-state index contributed by atoms with van der Waals surface area (Å²) in [5, 5.41) is 15.8. The summed E-state index contributed by atoms with van der Waals surface area (Å²) in [6, 6.07) is 15.0. The minimum Gasteiger partial charge on any atom is -0.462 e. The van der Waals surface area contributed by atoms with Crippen LogP contribution in [0.3, 0.4) is 0 Å². The maximum Gasteiger partial charge on any atom is 0.459 e. The number of pyridine rings is 1. The second-order valence-electron chi connectivity index (χ2n) is 10.8. The summed E-state index contributed by atoms with van der Waals surface area (Å²) in [5.41, 5.74) is 6.52. The van der Waals surface area contributed by atoms with Gasteiger partial charge >= 0.3 is 13.7 Å². The summed E-state index contributed by atoms with van der Waals surface area (Å²) in [4.78, 5) is 21.8. The summed E-state index contributed by atoms with van der Waals surface area (Å²) in [6.45, 7) is 9.16. The average molecular weight is 628 g/mol. The molecule has 2 heterocycles. The van der Waals surface area contributed by atoms with E-state index in [0.29, 0.717) is 41.8 Å². The molecule has 0 unspecified atom stereocenters. The predicted octanol–water partition coefficient (Wildman–Crippen LogP) is 5.67. The lowest BCUT2D eigenvalue weighted by Gasteiger charge is -2.33. The Balaban J connectivity index is 1.70. The smallest absolute Gasteiger partial charge is 0.459 e. The van der Waals surface area contributed by atoms with E-state index in [4.69, 9.17) is 29.2 Å². The largest absolute Gasteiger partial charge is 0.462 e. The molecule has 0 fully saturated rings. The number of nitrogens with two attached hydrogens (primary N) is 1. The first-order valence-corrected chi connectivity index (χ1v) is 16.4. The second-order valence-corrected chi connectivity index (χ2v) is 12.5. The zero-order valence-electron chi connectivity index (χ0n) is 25.9. The topological polar surface area (TPSA) is 160 Å². The highest BCUT2D eigenvalue weighted by Crippen LogP contribution is 2.46. The number of carbonyl (C=O) groups excluding carboxylic acids is 1. The number of carbonyl (C=O) groups is 1. The van der Waals surface area contributed by atoms with E-state index in [-0.39, 0.29) is 37.3 Å². The van der Waals surface area contributed by atoms with Crippen LogP contribution in [-0.4, -0.2) is 51.0 Å². The fourth-order valence-corrected chi connectivity index (χ4v) is 6.49. The number of nitrogens with zero attached hydrogens (tertiary/aromatic N) is 3. The van der Waals surface area contributed by atoms with Gasteiger partial charge < -0.3 is 24.8 Å². The second kappa shape index (κ2) is 14.5. The molecule has 0 aliphatic heterocycles. The number of hydrogen-bond donors (Lipinski definition) is 3. The molecule has 13 heteroatoms. The first-order chi connectivity index (χ1) is 21.0. The zero-order chi connectivity index (χ0) is 31.9. The molecule has 12 nitrogen and oxygen atoms in total. The van der Waals surface area contributed by atoms with E-state index in [1.54, 1.807) is 48.7 Å². The van der Waals surface area contributed by atoms with Crippen LogP contribution in [-0.2, 0) is 35.7 Å². The molecule has 3 atom stereocenters. The number of rotatable bonds is 16. The Labute approximate surface area is 257 Å². The highest BCUT2D eigenvalue weighted by molar-refractivity contribution is 7.52. The van der Waals surface area contributed by atoms with E-state index < -0.39 is 25.5 Å². The van der Waals surface area contributed by atoms with Gasteiger partial charge in [0.15, 0.2) is 5.82 Å². The molecule has 0 saturated heterocycles. The van der Waals surface area contributed by atoms with Gasteiger partial charge in [-0.15, -0.1) is 0 Å². The van der Waals surface area contributed by atoms with E-state index >= 15 is 0 Å². The summed E-state index contributed by atoms with van der Waals surface area (Å²) in [6.07, 6.45) is 0.557. The lowest BCUT2D eigenvalue weighted by molar-refractivity contribution is -0.149. The van der Waals surface area contributed by atoms with Crippen LogP contribution in [0.5, 0.6) is 5.75 Å². The van der Waals surface area contributed by atoms with Gasteiger partial charge in [0.05, 0.1) is 23.7 Å². The van der Waals surface area contributed by atoms with Crippen molar-refractivity contribution < 1.29 is 33.0 Å². The van der Waals surface area contributed by atoms with Crippen LogP contribution in [0.4, 0.5) is 5.82 Å². The average Bonchev–Trinajstić information content (AvgIpc) is 3.37. The van der Waals surface area contributed by atoms with Crippen LogP contribution in [0.15, 0.2) is 54.6 Å². The molecule has 44 heavy (non-hydrogen) atoms. The van der Waals surface area contributed by atoms with Crippen molar-refractivity contribution in [3.63, 3.8) is 0 Å². The molecule has 4 rings (SSSR count). The van der Waals surface area contributed by atoms with Crippen LogP contribution in [0.1, 0.15) is 59.7 Å². The van der Waals surface area contributed by atoms with Gasteiger partial charge in [0.25, 0.3) is 0 Å². The standard InChI is InChI=1S/C31H42N5O7P/c1-6-17-31(38,36-26(20-40-7-2)34-27-28(36)24-15-11-12-16-25(24)33-29(27)32)18-19-41-44(39,43-23-13-9-8-10-14-23)35-22(5)30(37)42-21(3)4/h8-16,21-22,38H,6-7,17-20H2,1-5H3,(H2,32,33)(H,35,39)/t22-,31-,44+/m0/s1. The number of nitrogen functional groups attached to an aromatic ring is 1. The number of nitrogens with one attached hydrogen (secondary N) is 1. The molecule has 0 radical (unpaired) electrons. The molecular weight excluding hydrogens is 585 g/mol. The number of imidazole rings is 1. The molecule has 0 amide bonds. The molecule has 2 aromatic carbocycles. The Morgan fingerprint density at radius 1 is 1.07 bits per heavy atom. The first kappa shape index (κ1) is 33.4. The molecule has 2 aromatic heterocycles. The van der Waals surface area contributed by atoms with E-state index in [1.807, 2.05) is 38.1 Å². The van der Waals surface area contributed by atoms with Crippen molar-refractivity contribution in [2.45, 2.75) is 78.4 Å². The SMILES string of the molecule is CCC[C@](O)(CCO[P@](=O)(N[C@@H](C)C(=O)OC(C)C)Oc1ccccc1)n1c(COCC)nc2c(N)nc3ccccc3c21. The Morgan fingerprint density at radius 3 is 2.45 bits per heavy atom. The van der Waals surface area contributed by atoms with Gasteiger partial charge in [0.2, 0.25) is 0 Å². The molecule has 0 bridgehead atoms. The van der Waals surface area contributed by atoms with Gasteiger partial charge in [-0.2, -0.15) is 5.09 Å². The Morgan fingerprint density at radius 2 is 1.77 bits per heavy atom. The Bertz CT molecular complexity index is 1610. The number of esters is 1. The third-order valence-corrected chi connectivity index (χ3v) is 8.56. The molecule has 0 aliphatic rings. The van der Waals surface area contributed by atoms with Crippen molar-refractivity contribution in [3.8, 4) is 5.75 Å². The minimum atomic E-state index is -4.14. The maximum atomic E-state index is 14.0. The molecule has 4 aromatic rings. The van der Waals surface area contributed by atoms with Crippen LogP contribution in [0.2, 0.25) is 0 Å². The summed E-state index contributed by atoms with van der Waals surface area (Å²) < 4.78 is 38.5. The molecule has 0 saturated carbocycles. The maximum absolute atomic E-state index is 14.0. The first-order valence-electron chi connectivity index (χ1n) is 14.8. The van der Waals surface area contributed by atoms with Crippen molar-refractivity contribution in [3.05, 3.63) is 60.4 Å². The minimum absolute atomic E-state index is 0.00335. The van der Waals surface area contributed by atoms with Crippen LogP contribution in [0.25, 0.3) is 21.9 Å². The third-order valence-electron chi connectivity index (χ3n) is 6.88. The number of aliphatic hydroxyl groups is 1. The Hall–Kier alpha value is -3.54. The van der Waals surface area contributed by atoms with Crippen molar-refractivity contribution in [1.29, 1.82) is 0 Å². The number of anilines is 1. The highest BCUT2D eigenvalue weighted by Gasteiger charge is 2.37. The van der Waals surface area contributed by atoms with Gasteiger partial charge in [-0.05, 0) is 52.3 Å². The van der Waals surface area contributed by atoms with E-state index in [2.05, 4.69) is 10.1 Å². The number of fused-ring (bicyclic) bond motifs is 3. The number of hydrogen-bond acceptors (Lipinski definition) is 10. The molecule has 0 spiro atoms. The number of para-hydroxylation sites is 2. The van der Waals surface area contributed by atoms with Crippen LogP contribution >= 0.6 is 7.75 Å². The van der Waals surface area contributed by atoms with Gasteiger partial charge in [-0.1, -0.05) is 49.7 Å². The van der Waals surface area contributed by atoms with Gasteiger partial charge in [0, 0.05) is 18.4 Å². The highest BCUT2D eigenvalue weighted by atomic mass is 31.2. The fraction of sp³-hybridized carbons (Fsp3) is 0.452. The van der Waals surface area contributed by atoms with Gasteiger partial charge in [0.1, 0.15) is 35.5 Å². The van der Waals surface area contributed by atoms with E-state index in [9.17, 15) is 14.5 Å². The van der Waals surface area contributed by atoms with E-state index in [1.165, 1.54) is 6.92 Å². The van der Waals surface area contributed by atoms with Crippen molar-refractivity contribution in [1.82, 2.24) is 19.6 Å². The third kappa shape index (κ3) is 7.75. The van der Waals surface area contributed by atoms with Gasteiger partial charge in [-0.3, -0.25) is 13.9 Å². The quantitative estimate of drug-likeness (QED) is 0.104. The van der Waals surface area contributed by atoms with E-state index in [0.717, 1.165) is 5.39 Å². The summed E-state index contributed by atoms with van der Waals surface area (Å²) >= 11 is 0. The fourth-order valence-electron chi connectivity index (χ4n) is 5.00. The monoisotopic (exact) mass is 627 g/mol. The van der Waals surface area contributed by atoms with Crippen molar-refractivity contribution in [2.75, 3.05) is 18.9 Å². The summed E-state index contributed by atoms with van der Waals surface area (Å²) in [5.74, 6) is 0.379. The Kier molecular flexibility index (Phi) is 11.0. The number of benzene rings is 2. The molecular formula is C31H42N5O7P. The summed E-state index contributed by atoms with van der Waals surface area (Å²) in [7, 11) is -4.14. The zero-order valence-corrected chi connectivity index (χ0v) is 26.8. The van der Waals surface area contributed by atoms with Gasteiger partial charge in [-0.25, -0.2) is 14.5 Å². The lowest BCUT2D eigenvalue weighted by Crippen LogP contribution is -2.38. The number of ether oxygens (including phenoxy) is 2. The van der Waals surface area contributed by atoms with Crippen molar-refractivity contribution >= 4 is 41.5 Å². The molecule has 0 aliphatic carbocycles. The number of aromatic nitrogens is 3.